The fourth-order valence-electron chi connectivity index (χ4n) is 3.35. The highest BCUT2D eigenvalue weighted by Gasteiger charge is 2.47. The van der Waals surface area contributed by atoms with Gasteiger partial charge in [-0.15, -0.1) is 0 Å². The van der Waals surface area contributed by atoms with Gasteiger partial charge in [-0.3, -0.25) is 15.0 Å². The van der Waals surface area contributed by atoms with Gasteiger partial charge in [0, 0.05) is 45.2 Å². The number of benzene rings is 1. The lowest BCUT2D eigenvalue weighted by Crippen LogP contribution is -2.54. The number of methoxy groups -OCH3 is 2. The van der Waals surface area contributed by atoms with E-state index in [1.54, 1.807) is 38.2 Å². The number of piperidine rings is 1. The Bertz CT molecular complexity index is 614. The highest BCUT2D eigenvalue weighted by Crippen LogP contribution is 2.42. The maximum Gasteiger partial charge on any atom is 0.410 e. The standard InChI is InChI=1S/C17H24N2O6/c1-5-25-16(20)18-12(2)10-17(23-3,24-4)11-15(18)13-6-8-14(9-7-13)19(21)22/h6-9,12,15H,5,10-11H2,1-4H3/t12-,15+/m0/s1. The molecular formula is C17H24N2O6. The molecule has 2 rings (SSSR count). The first-order chi connectivity index (χ1) is 11.9. The van der Waals surface area contributed by atoms with Crippen LogP contribution >= 0.6 is 0 Å². The molecule has 8 heteroatoms. The monoisotopic (exact) mass is 352 g/mol. The number of carbonyl (C=O) groups excluding carboxylic acids is 1. The second-order valence-corrected chi connectivity index (χ2v) is 6.05. The molecule has 0 radical (unpaired) electrons. The van der Waals surface area contributed by atoms with Crippen LogP contribution in [0.25, 0.3) is 0 Å². The summed E-state index contributed by atoms with van der Waals surface area (Å²) in [6.07, 6.45) is 0.489. The zero-order valence-corrected chi connectivity index (χ0v) is 14.9. The van der Waals surface area contributed by atoms with Crippen LogP contribution in [0.5, 0.6) is 0 Å². The summed E-state index contributed by atoms with van der Waals surface area (Å²) in [4.78, 5) is 24.5. The molecule has 1 heterocycles. The maximum atomic E-state index is 12.5. The van der Waals surface area contributed by atoms with Crippen molar-refractivity contribution in [2.45, 2.75) is 44.6 Å². The Morgan fingerprint density at radius 1 is 1.28 bits per heavy atom. The highest BCUT2D eigenvalue weighted by atomic mass is 16.7. The first kappa shape index (κ1) is 19.1. The number of nitrogens with zero attached hydrogens (tertiary/aromatic N) is 2. The molecular weight excluding hydrogens is 328 g/mol. The van der Waals surface area contributed by atoms with Gasteiger partial charge in [0.1, 0.15) is 0 Å². The second-order valence-electron chi connectivity index (χ2n) is 6.05. The lowest BCUT2D eigenvalue weighted by molar-refractivity contribution is -0.384. The van der Waals surface area contributed by atoms with Gasteiger partial charge in [-0.2, -0.15) is 0 Å². The molecule has 0 unspecified atom stereocenters. The van der Waals surface area contributed by atoms with Crippen molar-refractivity contribution in [2.24, 2.45) is 0 Å². The molecule has 1 saturated heterocycles. The zero-order chi connectivity index (χ0) is 18.6. The molecule has 0 N–H and O–H groups in total. The predicted molar refractivity (Wildman–Crippen MR) is 90.1 cm³/mol. The Morgan fingerprint density at radius 2 is 1.88 bits per heavy atom. The van der Waals surface area contributed by atoms with E-state index in [0.29, 0.717) is 12.8 Å². The minimum atomic E-state index is -0.825. The summed E-state index contributed by atoms with van der Waals surface area (Å²) in [6.45, 7) is 3.93. The molecule has 25 heavy (non-hydrogen) atoms. The summed E-state index contributed by atoms with van der Waals surface area (Å²) < 4.78 is 16.4. The molecule has 0 aromatic heterocycles. The molecule has 8 nitrogen and oxygen atoms in total. The van der Waals surface area contributed by atoms with Crippen LogP contribution in [0.1, 0.15) is 38.3 Å². The Balaban J connectivity index is 2.41. The fourth-order valence-corrected chi connectivity index (χ4v) is 3.35. The molecule has 1 aliphatic rings. The van der Waals surface area contributed by atoms with Crippen LogP contribution in [0, 0.1) is 10.1 Å². The molecule has 1 amide bonds. The van der Waals surface area contributed by atoms with Crippen molar-refractivity contribution in [3.05, 3.63) is 39.9 Å². The molecule has 2 atom stereocenters. The molecule has 1 aromatic rings. The van der Waals surface area contributed by atoms with Gasteiger partial charge in [0.2, 0.25) is 0 Å². The molecule has 0 spiro atoms. The second kappa shape index (κ2) is 7.79. The number of hydrogen-bond acceptors (Lipinski definition) is 6. The van der Waals surface area contributed by atoms with Crippen LogP contribution in [0.15, 0.2) is 24.3 Å². The van der Waals surface area contributed by atoms with E-state index in [1.165, 1.54) is 12.1 Å². The summed E-state index contributed by atoms with van der Waals surface area (Å²) in [5.74, 6) is -0.825. The van der Waals surface area contributed by atoms with Crippen molar-refractivity contribution in [3.8, 4) is 0 Å². The summed E-state index contributed by atoms with van der Waals surface area (Å²) >= 11 is 0. The third-order valence-corrected chi connectivity index (χ3v) is 4.63. The van der Waals surface area contributed by atoms with Crippen LogP contribution in [-0.4, -0.2) is 48.6 Å². The number of likely N-dealkylation sites (tertiary alicyclic amines) is 1. The van der Waals surface area contributed by atoms with Crippen LogP contribution < -0.4 is 0 Å². The number of nitro benzene ring substituents is 1. The molecule has 138 valence electrons. The summed E-state index contributed by atoms with van der Waals surface area (Å²) in [7, 11) is 3.15. The van der Waals surface area contributed by atoms with Gasteiger partial charge in [0.15, 0.2) is 5.79 Å². The van der Waals surface area contributed by atoms with Crippen LogP contribution in [-0.2, 0) is 14.2 Å². The number of rotatable bonds is 5. The van der Waals surface area contributed by atoms with E-state index in [4.69, 9.17) is 14.2 Å². The highest BCUT2D eigenvalue weighted by molar-refractivity contribution is 5.69. The normalized spacial score (nSPS) is 22.5. The number of non-ortho nitro benzene ring substituents is 1. The number of ether oxygens (including phenoxy) is 3. The smallest absolute Gasteiger partial charge is 0.410 e. The van der Waals surface area contributed by atoms with E-state index in [2.05, 4.69) is 0 Å². The molecule has 0 aliphatic carbocycles. The van der Waals surface area contributed by atoms with E-state index in [0.717, 1.165) is 5.56 Å². The number of nitro groups is 1. The first-order valence-corrected chi connectivity index (χ1v) is 8.17. The van der Waals surface area contributed by atoms with Crippen molar-refractivity contribution < 1.29 is 23.9 Å². The number of amides is 1. The molecule has 1 aliphatic heterocycles. The van der Waals surface area contributed by atoms with Gasteiger partial charge in [-0.25, -0.2) is 4.79 Å². The number of carbonyl (C=O) groups is 1. The van der Waals surface area contributed by atoms with E-state index in [9.17, 15) is 14.9 Å². The summed E-state index contributed by atoms with van der Waals surface area (Å²) in [5, 5.41) is 10.9. The van der Waals surface area contributed by atoms with Crippen molar-refractivity contribution in [2.75, 3.05) is 20.8 Å². The SMILES string of the molecule is CCOC(=O)N1[C@@H](c2ccc([N+](=O)[O-])cc2)CC(OC)(OC)C[C@@H]1C. The summed E-state index contributed by atoms with van der Waals surface area (Å²) in [5.41, 5.74) is 0.767. The Kier molecular flexibility index (Phi) is 5.97. The Morgan fingerprint density at radius 3 is 2.36 bits per heavy atom. The zero-order valence-electron chi connectivity index (χ0n) is 14.9. The van der Waals surface area contributed by atoms with Crippen molar-refractivity contribution in [1.29, 1.82) is 0 Å². The van der Waals surface area contributed by atoms with Gasteiger partial charge in [0.05, 0.1) is 17.6 Å². The van der Waals surface area contributed by atoms with Crippen molar-refractivity contribution in [1.82, 2.24) is 4.90 Å². The minimum absolute atomic E-state index is 0.0000361. The van der Waals surface area contributed by atoms with Gasteiger partial charge < -0.3 is 14.2 Å². The third-order valence-electron chi connectivity index (χ3n) is 4.63. The van der Waals surface area contributed by atoms with Crippen LogP contribution in [0.4, 0.5) is 10.5 Å². The average Bonchev–Trinajstić information content (AvgIpc) is 2.61. The van der Waals surface area contributed by atoms with Gasteiger partial charge in [0.25, 0.3) is 5.69 Å². The van der Waals surface area contributed by atoms with Crippen LogP contribution in [0.2, 0.25) is 0 Å². The lowest BCUT2D eigenvalue weighted by Gasteiger charge is -2.48. The number of hydrogen-bond donors (Lipinski definition) is 0. The molecule has 0 bridgehead atoms. The largest absolute Gasteiger partial charge is 0.450 e. The van der Waals surface area contributed by atoms with E-state index < -0.39 is 16.8 Å². The van der Waals surface area contributed by atoms with E-state index >= 15 is 0 Å². The summed E-state index contributed by atoms with van der Waals surface area (Å²) in [6, 6.07) is 5.61. The van der Waals surface area contributed by atoms with E-state index in [-0.39, 0.29) is 24.4 Å². The minimum Gasteiger partial charge on any atom is -0.450 e. The Labute approximate surface area is 146 Å². The van der Waals surface area contributed by atoms with Crippen LogP contribution in [0.3, 0.4) is 0 Å². The van der Waals surface area contributed by atoms with Gasteiger partial charge >= 0.3 is 6.09 Å². The lowest BCUT2D eigenvalue weighted by atomic mass is 9.87. The quantitative estimate of drug-likeness (QED) is 0.459. The molecule has 0 saturated carbocycles. The first-order valence-electron chi connectivity index (χ1n) is 8.17. The van der Waals surface area contributed by atoms with E-state index in [1.807, 2.05) is 6.92 Å². The topological polar surface area (TPSA) is 91.1 Å². The van der Waals surface area contributed by atoms with Gasteiger partial charge in [-0.05, 0) is 19.4 Å². The Hall–Kier alpha value is -2.19. The molecule has 1 fully saturated rings. The van der Waals surface area contributed by atoms with Crippen molar-refractivity contribution in [3.63, 3.8) is 0 Å². The molecule has 1 aromatic carbocycles. The fraction of sp³-hybridized carbons (Fsp3) is 0.588. The third kappa shape index (κ3) is 3.91. The predicted octanol–water partition coefficient (Wildman–Crippen LogP) is 3.27. The van der Waals surface area contributed by atoms with Crippen molar-refractivity contribution >= 4 is 11.8 Å². The average molecular weight is 352 g/mol. The van der Waals surface area contributed by atoms with Gasteiger partial charge in [-0.1, -0.05) is 12.1 Å². The maximum absolute atomic E-state index is 12.5.